The van der Waals surface area contributed by atoms with E-state index >= 15 is 0 Å². The molecule has 1 unspecified atom stereocenters. The van der Waals surface area contributed by atoms with Crippen molar-refractivity contribution in [1.82, 2.24) is 0 Å². The fourth-order valence-electron chi connectivity index (χ4n) is 1.06. The van der Waals surface area contributed by atoms with Crippen LogP contribution in [0.2, 0.25) is 0 Å². The molecule has 0 spiro atoms. The summed E-state index contributed by atoms with van der Waals surface area (Å²) in [6, 6.07) is 10.3. The van der Waals surface area contributed by atoms with Crippen LogP contribution in [-0.2, 0) is 5.75 Å². The molecule has 0 aliphatic heterocycles. The largest absolute Gasteiger partial charge is 0.318 e. The van der Waals surface area contributed by atoms with Gasteiger partial charge in [0.15, 0.2) is 0 Å². The Hall–Kier alpha value is -0.910. The van der Waals surface area contributed by atoms with Crippen molar-refractivity contribution in [1.29, 1.82) is 0 Å². The fourth-order valence-corrected chi connectivity index (χ4v) is 2.05. The lowest BCUT2D eigenvalue weighted by atomic mass is 10.2. The van der Waals surface area contributed by atoms with Gasteiger partial charge in [-0.15, -0.1) is 6.42 Å². The number of terminal acetylenes is 1. The van der Waals surface area contributed by atoms with Crippen molar-refractivity contribution in [3.05, 3.63) is 35.9 Å². The Kier molecular flexibility index (Phi) is 5.21. The lowest BCUT2D eigenvalue weighted by Gasteiger charge is -2.03. The Balaban J connectivity index is 2.14. The first-order valence-corrected chi connectivity index (χ1v) is 5.82. The molecule has 0 aromatic heterocycles. The molecule has 0 saturated heterocycles. The van der Waals surface area contributed by atoms with Crippen molar-refractivity contribution >= 4 is 11.8 Å². The second-order valence-corrected chi connectivity index (χ2v) is 4.21. The summed E-state index contributed by atoms with van der Waals surface area (Å²) in [6.45, 7) is 0. The minimum absolute atomic E-state index is 0.0849. The Morgan fingerprint density at radius 2 is 2.07 bits per heavy atom. The Morgan fingerprint density at radius 1 is 1.36 bits per heavy atom. The Morgan fingerprint density at radius 3 is 2.71 bits per heavy atom. The van der Waals surface area contributed by atoms with Crippen LogP contribution >= 0.6 is 11.8 Å². The summed E-state index contributed by atoms with van der Waals surface area (Å²) in [5.74, 6) is 4.60. The summed E-state index contributed by atoms with van der Waals surface area (Å²) in [6.07, 6.45) is 6.08. The third-order valence-corrected chi connectivity index (χ3v) is 2.96. The van der Waals surface area contributed by atoms with Crippen LogP contribution in [0, 0.1) is 12.3 Å². The maximum Gasteiger partial charge on any atom is 0.0669 e. The van der Waals surface area contributed by atoms with E-state index in [1.807, 2.05) is 17.8 Å². The first-order chi connectivity index (χ1) is 6.83. The standard InChI is InChI=1S/C12H15NS/c1-2-12(13)8-9-14-10-11-6-4-3-5-7-11/h1,3-7,12H,8-10,13H2. The number of hydrogen-bond acceptors (Lipinski definition) is 2. The number of hydrogen-bond donors (Lipinski definition) is 1. The zero-order valence-electron chi connectivity index (χ0n) is 8.15. The number of rotatable bonds is 5. The second-order valence-electron chi connectivity index (χ2n) is 3.10. The quantitative estimate of drug-likeness (QED) is 0.589. The molecule has 0 bridgehead atoms. The molecule has 0 saturated carbocycles. The molecular formula is C12H15NS. The first kappa shape index (κ1) is 11.2. The molecule has 0 heterocycles. The molecule has 0 aliphatic rings. The Bertz CT molecular complexity index is 289. The summed E-state index contributed by atoms with van der Waals surface area (Å²) in [5, 5.41) is 0. The molecule has 0 amide bonds. The van der Waals surface area contributed by atoms with E-state index in [0.29, 0.717) is 0 Å². The van der Waals surface area contributed by atoms with E-state index in [0.717, 1.165) is 17.9 Å². The SMILES string of the molecule is C#CC(N)CCSCc1ccccc1. The zero-order valence-corrected chi connectivity index (χ0v) is 8.96. The Labute approximate surface area is 90.1 Å². The van der Waals surface area contributed by atoms with Gasteiger partial charge in [0.25, 0.3) is 0 Å². The van der Waals surface area contributed by atoms with Crippen LogP contribution in [0.1, 0.15) is 12.0 Å². The molecule has 74 valence electrons. The minimum Gasteiger partial charge on any atom is -0.318 e. The molecule has 0 aliphatic carbocycles. The van der Waals surface area contributed by atoms with Crippen molar-refractivity contribution in [3.8, 4) is 12.3 Å². The molecule has 1 aromatic rings. The summed E-state index contributed by atoms with van der Waals surface area (Å²) in [7, 11) is 0. The third kappa shape index (κ3) is 4.36. The van der Waals surface area contributed by atoms with E-state index in [2.05, 4.69) is 30.2 Å². The van der Waals surface area contributed by atoms with Crippen molar-refractivity contribution < 1.29 is 0 Å². The third-order valence-electron chi connectivity index (χ3n) is 1.90. The van der Waals surface area contributed by atoms with Crippen molar-refractivity contribution in [2.24, 2.45) is 5.73 Å². The fraction of sp³-hybridized carbons (Fsp3) is 0.333. The topological polar surface area (TPSA) is 26.0 Å². The lowest BCUT2D eigenvalue weighted by molar-refractivity contribution is 0.815. The average Bonchev–Trinajstić information content (AvgIpc) is 2.25. The molecule has 2 heteroatoms. The van der Waals surface area contributed by atoms with Crippen LogP contribution in [0.25, 0.3) is 0 Å². The first-order valence-electron chi connectivity index (χ1n) is 4.66. The molecule has 1 rings (SSSR count). The second kappa shape index (κ2) is 6.53. The summed E-state index contributed by atoms with van der Waals surface area (Å²) < 4.78 is 0. The van der Waals surface area contributed by atoms with Crippen molar-refractivity contribution in [2.45, 2.75) is 18.2 Å². The van der Waals surface area contributed by atoms with Crippen LogP contribution in [-0.4, -0.2) is 11.8 Å². The van der Waals surface area contributed by atoms with Gasteiger partial charge in [0, 0.05) is 5.75 Å². The summed E-state index contributed by atoms with van der Waals surface area (Å²) in [4.78, 5) is 0. The lowest BCUT2D eigenvalue weighted by Crippen LogP contribution is -2.17. The minimum atomic E-state index is -0.0849. The van der Waals surface area contributed by atoms with Gasteiger partial charge < -0.3 is 5.73 Å². The van der Waals surface area contributed by atoms with E-state index < -0.39 is 0 Å². The van der Waals surface area contributed by atoms with Crippen LogP contribution in [0.4, 0.5) is 0 Å². The normalized spacial score (nSPS) is 12.0. The molecule has 14 heavy (non-hydrogen) atoms. The molecular weight excluding hydrogens is 190 g/mol. The van der Waals surface area contributed by atoms with E-state index in [-0.39, 0.29) is 6.04 Å². The molecule has 1 aromatic carbocycles. The van der Waals surface area contributed by atoms with Gasteiger partial charge in [0.2, 0.25) is 0 Å². The van der Waals surface area contributed by atoms with E-state index in [1.54, 1.807) is 0 Å². The maximum absolute atomic E-state index is 5.60. The van der Waals surface area contributed by atoms with Crippen molar-refractivity contribution in [2.75, 3.05) is 5.75 Å². The molecule has 2 N–H and O–H groups in total. The zero-order chi connectivity index (χ0) is 10.2. The van der Waals surface area contributed by atoms with Gasteiger partial charge in [-0.25, -0.2) is 0 Å². The number of nitrogens with two attached hydrogens (primary N) is 1. The van der Waals surface area contributed by atoms with Gasteiger partial charge in [0.05, 0.1) is 6.04 Å². The van der Waals surface area contributed by atoms with Gasteiger partial charge in [0.1, 0.15) is 0 Å². The summed E-state index contributed by atoms with van der Waals surface area (Å²) in [5.41, 5.74) is 6.96. The number of thioether (sulfide) groups is 1. The highest BCUT2D eigenvalue weighted by molar-refractivity contribution is 7.98. The van der Waals surface area contributed by atoms with Crippen LogP contribution in [0.3, 0.4) is 0 Å². The maximum atomic E-state index is 5.60. The van der Waals surface area contributed by atoms with Gasteiger partial charge in [-0.1, -0.05) is 36.3 Å². The van der Waals surface area contributed by atoms with Gasteiger partial charge >= 0.3 is 0 Å². The highest BCUT2D eigenvalue weighted by Crippen LogP contribution is 2.12. The molecule has 1 atom stereocenters. The number of benzene rings is 1. The summed E-state index contributed by atoms with van der Waals surface area (Å²) >= 11 is 1.87. The molecule has 1 nitrogen and oxygen atoms in total. The predicted octanol–water partition coefficient (Wildman–Crippen LogP) is 2.27. The smallest absolute Gasteiger partial charge is 0.0669 e. The highest BCUT2D eigenvalue weighted by Gasteiger charge is 1.97. The van der Waals surface area contributed by atoms with Crippen molar-refractivity contribution in [3.63, 3.8) is 0 Å². The monoisotopic (exact) mass is 205 g/mol. The van der Waals surface area contributed by atoms with Gasteiger partial charge in [-0.05, 0) is 17.7 Å². The molecule has 0 fully saturated rings. The van der Waals surface area contributed by atoms with E-state index in [4.69, 9.17) is 12.2 Å². The van der Waals surface area contributed by atoms with Crippen LogP contribution < -0.4 is 5.73 Å². The van der Waals surface area contributed by atoms with Crippen LogP contribution in [0.15, 0.2) is 30.3 Å². The average molecular weight is 205 g/mol. The van der Waals surface area contributed by atoms with E-state index in [1.165, 1.54) is 5.56 Å². The predicted molar refractivity (Wildman–Crippen MR) is 64.0 cm³/mol. The van der Waals surface area contributed by atoms with Crippen LogP contribution in [0.5, 0.6) is 0 Å². The van der Waals surface area contributed by atoms with E-state index in [9.17, 15) is 0 Å². The van der Waals surface area contributed by atoms with Gasteiger partial charge in [-0.2, -0.15) is 11.8 Å². The molecule has 0 radical (unpaired) electrons. The van der Waals surface area contributed by atoms with Gasteiger partial charge in [-0.3, -0.25) is 0 Å². The highest BCUT2D eigenvalue weighted by atomic mass is 32.2.